The van der Waals surface area contributed by atoms with Crippen molar-refractivity contribution in [2.45, 2.75) is 57.5 Å². The van der Waals surface area contributed by atoms with Gasteiger partial charge in [-0.1, -0.05) is 25.7 Å². The summed E-state index contributed by atoms with van der Waals surface area (Å²) in [6, 6.07) is 0. The molecule has 2 rings (SSSR count). The van der Waals surface area contributed by atoms with Crippen LogP contribution in [0.1, 0.15) is 51.4 Å². The molecule has 5 heteroatoms. The zero-order valence-corrected chi connectivity index (χ0v) is 11.3. The molecule has 0 aromatic heterocycles. The van der Waals surface area contributed by atoms with E-state index in [0.717, 1.165) is 38.5 Å². The molecule has 0 bridgehead atoms. The van der Waals surface area contributed by atoms with Gasteiger partial charge in [0.2, 0.25) is 5.91 Å². The Bertz CT molecular complexity index is 328. The molecule has 1 saturated carbocycles. The van der Waals surface area contributed by atoms with Gasteiger partial charge in [-0.25, -0.2) is 0 Å². The first-order chi connectivity index (χ1) is 9.14. The maximum atomic E-state index is 11.9. The van der Waals surface area contributed by atoms with Crippen LogP contribution >= 0.6 is 0 Å². The van der Waals surface area contributed by atoms with Crippen molar-refractivity contribution in [2.75, 3.05) is 13.2 Å². The van der Waals surface area contributed by atoms with Gasteiger partial charge in [0.15, 0.2) is 0 Å². The van der Waals surface area contributed by atoms with Crippen LogP contribution in [0, 0.1) is 5.41 Å². The minimum absolute atomic E-state index is 0.151. The first-order valence-electron chi connectivity index (χ1n) is 7.27. The number of carboxylic acids is 1. The summed E-state index contributed by atoms with van der Waals surface area (Å²) >= 11 is 0. The highest BCUT2D eigenvalue weighted by atomic mass is 16.5. The highest BCUT2D eigenvalue weighted by molar-refractivity contribution is 5.82. The Morgan fingerprint density at radius 2 is 1.84 bits per heavy atom. The van der Waals surface area contributed by atoms with Gasteiger partial charge in [-0.05, 0) is 25.7 Å². The molecule has 5 nitrogen and oxygen atoms in total. The van der Waals surface area contributed by atoms with Gasteiger partial charge in [-0.15, -0.1) is 0 Å². The molecule has 19 heavy (non-hydrogen) atoms. The van der Waals surface area contributed by atoms with Gasteiger partial charge in [0.1, 0.15) is 6.10 Å². The molecule has 1 saturated heterocycles. The van der Waals surface area contributed by atoms with Crippen LogP contribution in [0.3, 0.4) is 0 Å². The van der Waals surface area contributed by atoms with Gasteiger partial charge in [0, 0.05) is 13.2 Å². The summed E-state index contributed by atoms with van der Waals surface area (Å²) in [5.41, 5.74) is -0.773. The first-order valence-corrected chi connectivity index (χ1v) is 7.27. The molecule has 0 spiro atoms. The third-order valence-electron chi connectivity index (χ3n) is 4.34. The lowest BCUT2D eigenvalue weighted by molar-refractivity contribution is -0.150. The first kappa shape index (κ1) is 14.3. The number of amides is 1. The summed E-state index contributed by atoms with van der Waals surface area (Å²) in [6.45, 7) is 0.864. The molecule has 1 amide bonds. The van der Waals surface area contributed by atoms with Crippen molar-refractivity contribution < 1.29 is 19.4 Å². The topological polar surface area (TPSA) is 75.6 Å². The lowest BCUT2D eigenvalue weighted by atomic mass is 9.80. The molecule has 2 fully saturated rings. The Morgan fingerprint density at radius 1 is 1.16 bits per heavy atom. The maximum Gasteiger partial charge on any atom is 0.311 e. The quantitative estimate of drug-likeness (QED) is 0.762. The largest absolute Gasteiger partial charge is 0.481 e. The van der Waals surface area contributed by atoms with Crippen molar-refractivity contribution in [2.24, 2.45) is 5.41 Å². The number of hydrogen-bond donors (Lipinski definition) is 2. The average Bonchev–Trinajstić information content (AvgIpc) is 2.82. The zero-order chi connectivity index (χ0) is 13.7. The Kier molecular flexibility index (Phi) is 4.80. The van der Waals surface area contributed by atoms with Gasteiger partial charge in [-0.2, -0.15) is 0 Å². The second-order valence-electron chi connectivity index (χ2n) is 5.72. The predicted molar refractivity (Wildman–Crippen MR) is 69.8 cm³/mol. The molecule has 0 unspecified atom stereocenters. The van der Waals surface area contributed by atoms with Crippen LogP contribution in [0.4, 0.5) is 0 Å². The number of aliphatic carboxylic acids is 1. The van der Waals surface area contributed by atoms with Crippen LogP contribution in [0.15, 0.2) is 0 Å². The van der Waals surface area contributed by atoms with E-state index in [1.54, 1.807) is 0 Å². The third kappa shape index (κ3) is 3.47. The maximum absolute atomic E-state index is 11.9. The Labute approximate surface area is 113 Å². The SMILES string of the molecule is O=C(NCC1(C(=O)O)CCCCCC1)[C@H]1CCCO1. The number of hydrogen-bond acceptors (Lipinski definition) is 3. The minimum Gasteiger partial charge on any atom is -0.481 e. The molecule has 2 aliphatic rings. The second kappa shape index (κ2) is 6.37. The Hall–Kier alpha value is -1.10. The fourth-order valence-electron chi connectivity index (χ4n) is 3.03. The monoisotopic (exact) mass is 269 g/mol. The summed E-state index contributed by atoms with van der Waals surface area (Å²) in [5, 5.41) is 12.3. The molecular formula is C14H23NO4. The van der Waals surface area contributed by atoms with Crippen molar-refractivity contribution in [3.8, 4) is 0 Å². The molecule has 108 valence electrons. The molecule has 0 radical (unpaired) electrons. The summed E-state index contributed by atoms with van der Waals surface area (Å²) in [4.78, 5) is 23.5. The fourth-order valence-corrected chi connectivity index (χ4v) is 3.03. The van der Waals surface area contributed by atoms with Crippen LogP contribution in [0.2, 0.25) is 0 Å². The Morgan fingerprint density at radius 3 is 2.37 bits per heavy atom. The van der Waals surface area contributed by atoms with Crippen LogP contribution < -0.4 is 5.32 Å². The molecule has 0 aromatic rings. The number of carbonyl (C=O) groups excluding carboxylic acids is 1. The van der Waals surface area contributed by atoms with Gasteiger partial charge < -0.3 is 15.2 Å². The number of carbonyl (C=O) groups is 2. The van der Waals surface area contributed by atoms with E-state index < -0.39 is 11.4 Å². The average molecular weight is 269 g/mol. The van der Waals surface area contributed by atoms with Gasteiger partial charge in [-0.3, -0.25) is 9.59 Å². The number of carboxylic acid groups (broad SMARTS) is 1. The lowest BCUT2D eigenvalue weighted by Gasteiger charge is -2.28. The van der Waals surface area contributed by atoms with E-state index in [0.29, 0.717) is 19.4 Å². The van der Waals surface area contributed by atoms with Gasteiger partial charge in [0.05, 0.1) is 5.41 Å². The summed E-state index contributed by atoms with van der Waals surface area (Å²) in [6.07, 6.45) is 6.64. The Balaban J connectivity index is 1.92. The standard InChI is InChI=1S/C14H23NO4/c16-12(11-6-5-9-19-11)15-10-14(13(17)18)7-3-1-2-4-8-14/h11H,1-10H2,(H,15,16)(H,17,18)/t11-/m1/s1. The van der Waals surface area contributed by atoms with Crippen LogP contribution in [-0.4, -0.2) is 36.2 Å². The van der Waals surface area contributed by atoms with E-state index in [-0.39, 0.29) is 18.6 Å². The van der Waals surface area contributed by atoms with Crippen molar-refractivity contribution in [3.63, 3.8) is 0 Å². The molecular weight excluding hydrogens is 246 g/mol. The van der Waals surface area contributed by atoms with Crippen molar-refractivity contribution in [1.29, 1.82) is 0 Å². The lowest BCUT2D eigenvalue weighted by Crippen LogP contribution is -2.45. The smallest absolute Gasteiger partial charge is 0.311 e. The van der Waals surface area contributed by atoms with E-state index >= 15 is 0 Å². The molecule has 0 aromatic carbocycles. The van der Waals surface area contributed by atoms with E-state index in [2.05, 4.69) is 5.32 Å². The van der Waals surface area contributed by atoms with E-state index in [4.69, 9.17) is 4.74 Å². The molecule has 1 aliphatic heterocycles. The van der Waals surface area contributed by atoms with E-state index in [1.807, 2.05) is 0 Å². The third-order valence-corrected chi connectivity index (χ3v) is 4.34. The normalized spacial score (nSPS) is 26.6. The summed E-state index contributed by atoms with van der Waals surface area (Å²) in [7, 11) is 0. The van der Waals surface area contributed by atoms with Gasteiger partial charge in [0.25, 0.3) is 0 Å². The highest BCUT2D eigenvalue weighted by Crippen LogP contribution is 2.34. The molecule has 1 atom stereocenters. The van der Waals surface area contributed by atoms with Crippen molar-refractivity contribution >= 4 is 11.9 Å². The van der Waals surface area contributed by atoms with E-state index in [9.17, 15) is 14.7 Å². The second-order valence-corrected chi connectivity index (χ2v) is 5.72. The molecule has 1 heterocycles. The van der Waals surface area contributed by atoms with Crippen molar-refractivity contribution in [1.82, 2.24) is 5.32 Å². The van der Waals surface area contributed by atoms with Crippen molar-refractivity contribution in [3.05, 3.63) is 0 Å². The molecule has 1 aliphatic carbocycles. The number of nitrogens with one attached hydrogen (secondary N) is 1. The highest BCUT2D eigenvalue weighted by Gasteiger charge is 2.39. The summed E-state index contributed by atoms with van der Waals surface area (Å²) < 4.78 is 5.31. The van der Waals surface area contributed by atoms with Crippen LogP contribution in [-0.2, 0) is 14.3 Å². The van der Waals surface area contributed by atoms with E-state index in [1.165, 1.54) is 0 Å². The van der Waals surface area contributed by atoms with Crippen LogP contribution in [0.25, 0.3) is 0 Å². The number of ether oxygens (including phenoxy) is 1. The zero-order valence-electron chi connectivity index (χ0n) is 11.3. The van der Waals surface area contributed by atoms with Gasteiger partial charge >= 0.3 is 5.97 Å². The predicted octanol–water partition coefficient (Wildman–Crippen LogP) is 1.71. The summed E-state index contributed by atoms with van der Waals surface area (Å²) in [5.74, 6) is -0.926. The molecule has 2 N–H and O–H groups in total. The minimum atomic E-state index is -0.776. The fraction of sp³-hybridized carbons (Fsp3) is 0.857. The number of rotatable bonds is 4. The van der Waals surface area contributed by atoms with Crippen LogP contribution in [0.5, 0.6) is 0 Å².